The van der Waals surface area contributed by atoms with Gasteiger partial charge in [-0.15, -0.1) is 0 Å². The summed E-state index contributed by atoms with van der Waals surface area (Å²) in [7, 11) is 0. The monoisotopic (exact) mass is 253 g/mol. The molecule has 2 unspecified atom stereocenters. The van der Waals surface area contributed by atoms with Gasteiger partial charge in [-0.3, -0.25) is 0 Å². The number of benzene rings is 1. The van der Waals surface area contributed by atoms with Crippen LogP contribution in [0.5, 0.6) is 0 Å². The molecule has 1 aromatic carbocycles. The van der Waals surface area contributed by atoms with Crippen LogP contribution in [0.3, 0.4) is 0 Å². The van der Waals surface area contributed by atoms with Crippen LogP contribution in [0, 0.1) is 16.7 Å². The smallest absolute Gasteiger partial charge is 0.230 e. The van der Waals surface area contributed by atoms with Crippen molar-refractivity contribution in [1.82, 2.24) is 0 Å². The Morgan fingerprint density at radius 3 is 2.74 bits per heavy atom. The Bertz CT molecular complexity index is 639. The first kappa shape index (κ1) is 11.4. The molecule has 0 saturated carbocycles. The van der Waals surface area contributed by atoms with Gasteiger partial charge in [0.2, 0.25) is 5.41 Å². The van der Waals surface area contributed by atoms with Crippen molar-refractivity contribution in [2.45, 2.75) is 6.10 Å². The molecular formula is C15H11NO3. The van der Waals surface area contributed by atoms with Crippen LogP contribution in [-0.2, 0) is 9.47 Å². The summed E-state index contributed by atoms with van der Waals surface area (Å²) in [5.41, 5.74) is -0.469. The molecule has 19 heavy (non-hydrogen) atoms. The van der Waals surface area contributed by atoms with Crippen LogP contribution in [0.1, 0.15) is 11.7 Å². The van der Waals surface area contributed by atoms with Gasteiger partial charge in [0.15, 0.2) is 5.76 Å². The van der Waals surface area contributed by atoms with Gasteiger partial charge in [0.05, 0.1) is 6.07 Å². The van der Waals surface area contributed by atoms with Crippen molar-refractivity contribution in [3.8, 4) is 6.07 Å². The van der Waals surface area contributed by atoms with Crippen molar-refractivity contribution in [3.05, 3.63) is 72.1 Å². The van der Waals surface area contributed by atoms with Crippen molar-refractivity contribution >= 4 is 0 Å². The second kappa shape index (κ2) is 3.92. The van der Waals surface area contributed by atoms with E-state index in [-0.39, 0.29) is 17.6 Å². The summed E-state index contributed by atoms with van der Waals surface area (Å²) < 4.78 is 10.9. The number of hydrogen-bond acceptors (Lipinski definition) is 4. The average Bonchev–Trinajstić information content (AvgIpc) is 2.78. The number of nitrogens with zero attached hydrogens (tertiary/aromatic N) is 1. The van der Waals surface area contributed by atoms with Crippen molar-refractivity contribution in [1.29, 1.82) is 5.26 Å². The molecular weight excluding hydrogens is 242 g/mol. The van der Waals surface area contributed by atoms with Gasteiger partial charge in [0.25, 0.3) is 0 Å². The normalized spacial score (nSPS) is 28.4. The molecule has 2 aliphatic rings. The lowest BCUT2D eigenvalue weighted by atomic mass is 9.82. The highest BCUT2D eigenvalue weighted by molar-refractivity contribution is 5.47. The summed E-state index contributed by atoms with van der Waals surface area (Å²) in [5, 5.41) is 19.2. The number of nitriles is 1. The van der Waals surface area contributed by atoms with Crippen molar-refractivity contribution in [2.75, 3.05) is 0 Å². The molecule has 0 aliphatic carbocycles. The fourth-order valence-electron chi connectivity index (χ4n) is 2.26. The Morgan fingerprint density at radius 2 is 2.05 bits per heavy atom. The zero-order chi connectivity index (χ0) is 13.5. The lowest BCUT2D eigenvalue weighted by molar-refractivity contribution is 0.0870. The summed E-state index contributed by atoms with van der Waals surface area (Å²) in [6, 6.07) is 11.6. The number of fused-ring (bicyclic) bond motifs is 1. The number of aliphatic hydroxyl groups excluding tert-OH is 1. The first-order valence-corrected chi connectivity index (χ1v) is 5.79. The zero-order valence-electron chi connectivity index (χ0n) is 10.0. The molecule has 4 heteroatoms. The minimum absolute atomic E-state index is 0.174. The molecule has 0 radical (unpaired) electrons. The Kier molecular flexibility index (Phi) is 2.36. The SMILES string of the molecule is C=C1OC(c2ccccc2)C=C2OC=C(O)C12C#N. The van der Waals surface area contributed by atoms with E-state index in [1.165, 1.54) is 0 Å². The van der Waals surface area contributed by atoms with Gasteiger partial charge in [0, 0.05) is 6.08 Å². The summed E-state index contributed by atoms with van der Waals surface area (Å²) in [4.78, 5) is 0. The summed E-state index contributed by atoms with van der Waals surface area (Å²) >= 11 is 0. The average molecular weight is 253 g/mol. The van der Waals surface area contributed by atoms with E-state index in [9.17, 15) is 10.4 Å². The third-order valence-electron chi connectivity index (χ3n) is 3.34. The molecule has 0 fully saturated rings. The van der Waals surface area contributed by atoms with Crippen LogP contribution in [0.4, 0.5) is 0 Å². The second-order valence-electron chi connectivity index (χ2n) is 4.39. The lowest BCUT2D eigenvalue weighted by Crippen LogP contribution is -2.29. The van der Waals surface area contributed by atoms with Crippen molar-refractivity contribution < 1.29 is 14.6 Å². The number of ether oxygens (including phenoxy) is 2. The van der Waals surface area contributed by atoms with Crippen molar-refractivity contribution in [2.24, 2.45) is 5.41 Å². The molecule has 94 valence electrons. The zero-order valence-corrected chi connectivity index (χ0v) is 10.0. The number of rotatable bonds is 1. The summed E-state index contributed by atoms with van der Waals surface area (Å²) in [6.45, 7) is 3.76. The van der Waals surface area contributed by atoms with Gasteiger partial charge in [-0.05, 0) is 5.56 Å². The van der Waals surface area contributed by atoms with Gasteiger partial charge < -0.3 is 14.6 Å². The molecule has 1 aromatic rings. The Hall–Kier alpha value is -2.67. The van der Waals surface area contributed by atoms with E-state index in [1.807, 2.05) is 36.4 Å². The molecule has 0 aromatic heterocycles. The van der Waals surface area contributed by atoms with Gasteiger partial charge in [-0.25, -0.2) is 0 Å². The predicted molar refractivity (Wildman–Crippen MR) is 67.3 cm³/mol. The Labute approximate surface area is 110 Å². The van der Waals surface area contributed by atoms with Crippen molar-refractivity contribution in [3.63, 3.8) is 0 Å². The first-order chi connectivity index (χ1) is 9.18. The second-order valence-corrected chi connectivity index (χ2v) is 4.39. The number of hydrogen-bond donors (Lipinski definition) is 1. The molecule has 0 bridgehead atoms. The standard InChI is InChI=1S/C15H11NO3/c1-10-15(9-16)13(17)8-18-14(15)7-12(19-10)11-5-3-2-4-6-11/h2-8,12,17H,1H2. The summed E-state index contributed by atoms with van der Waals surface area (Å²) in [5.74, 6) is 0.322. The largest absolute Gasteiger partial charge is 0.507 e. The molecule has 2 heterocycles. The van der Waals surface area contributed by atoms with E-state index in [0.717, 1.165) is 11.8 Å². The van der Waals surface area contributed by atoms with Gasteiger partial charge in [0.1, 0.15) is 23.9 Å². The maximum Gasteiger partial charge on any atom is 0.230 e. The molecule has 2 aliphatic heterocycles. The topological polar surface area (TPSA) is 62.5 Å². The molecule has 0 spiro atoms. The molecule has 4 nitrogen and oxygen atoms in total. The minimum atomic E-state index is -1.40. The van der Waals surface area contributed by atoms with Gasteiger partial charge >= 0.3 is 0 Å². The Balaban J connectivity index is 2.06. The van der Waals surface area contributed by atoms with Crippen LogP contribution in [0.25, 0.3) is 0 Å². The lowest BCUT2D eigenvalue weighted by Gasteiger charge is -2.32. The maximum absolute atomic E-state index is 9.83. The highest BCUT2D eigenvalue weighted by Crippen LogP contribution is 2.51. The molecule has 3 rings (SSSR count). The molecule has 0 amide bonds. The maximum atomic E-state index is 9.83. The fourth-order valence-corrected chi connectivity index (χ4v) is 2.26. The minimum Gasteiger partial charge on any atom is -0.507 e. The fraction of sp³-hybridized carbons (Fsp3) is 0.133. The quantitative estimate of drug-likeness (QED) is 0.835. The first-order valence-electron chi connectivity index (χ1n) is 5.79. The molecule has 0 saturated heterocycles. The van der Waals surface area contributed by atoms with Gasteiger partial charge in [-0.2, -0.15) is 5.26 Å². The highest BCUT2D eigenvalue weighted by Gasteiger charge is 2.52. The van der Waals surface area contributed by atoms with E-state index >= 15 is 0 Å². The van der Waals surface area contributed by atoms with E-state index in [0.29, 0.717) is 5.76 Å². The predicted octanol–water partition coefficient (Wildman–Crippen LogP) is 3.10. The number of aliphatic hydroxyl groups is 1. The third-order valence-corrected chi connectivity index (χ3v) is 3.34. The highest BCUT2D eigenvalue weighted by atomic mass is 16.5. The van der Waals surface area contributed by atoms with E-state index in [4.69, 9.17) is 9.47 Å². The Morgan fingerprint density at radius 1 is 1.32 bits per heavy atom. The molecule has 1 N–H and O–H groups in total. The van der Waals surface area contributed by atoms with Crippen LogP contribution < -0.4 is 0 Å². The van der Waals surface area contributed by atoms with Crippen LogP contribution >= 0.6 is 0 Å². The summed E-state index contributed by atoms with van der Waals surface area (Å²) in [6.07, 6.45) is 2.47. The van der Waals surface area contributed by atoms with Crippen LogP contribution in [0.2, 0.25) is 0 Å². The van der Waals surface area contributed by atoms with E-state index in [2.05, 4.69) is 6.58 Å². The molecule has 2 atom stereocenters. The van der Waals surface area contributed by atoms with E-state index < -0.39 is 5.41 Å². The van der Waals surface area contributed by atoms with Crippen LogP contribution in [0.15, 0.2) is 66.5 Å². The van der Waals surface area contributed by atoms with Crippen LogP contribution in [-0.4, -0.2) is 5.11 Å². The third kappa shape index (κ3) is 1.45. The van der Waals surface area contributed by atoms with Gasteiger partial charge in [-0.1, -0.05) is 36.9 Å². The van der Waals surface area contributed by atoms with E-state index in [1.54, 1.807) is 6.08 Å².